The Balaban J connectivity index is 2.34. The van der Waals surface area contributed by atoms with Crippen molar-refractivity contribution in [2.45, 2.75) is 0 Å². The Morgan fingerprint density at radius 2 is 1.94 bits per heavy atom. The molecule has 90 valence electrons. The number of benzene rings is 2. The molecule has 0 aliphatic heterocycles. The standard InChI is InChI=1S/C13H10ClN3O/c14-9-6-5-8(7-10(9)15)17-12-4-2-1-3-11(12)16-13(17)18/h1-7H,15H2,(H,16,18). The third-order valence-corrected chi connectivity index (χ3v) is 3.17. The van der Waals surface area contributed by atoms with Crippen LogP contribution in [0.15, 0.2) is 47.3 Å². The first-order valence-corrected chi connectivity index (χ1v) is 5.80. The number of rotatable bonds is 1. The fourth-order valence-electron chi connectivity index (χ4n) is 1.98. The average Bonchev–Trinajstić information content (AvgIpc) is 2.69. The van der Waals surface area contributed by atoms with E-state index in [1.807, 2.05) is 24.3 Å². The molecule has 0 bridgehead atoms. The normalized spacial score (nSPS) is 10.9. The molecule has 0 spiro atoms. The molecule has 0 unspecified atom stereocenters. The van der Waals surface area contributed by atoms with Crippen molar-refractivity contribution in [3.8, 4) is 5.69 Å². The fraction of sp³-hybridized carbons (Fsp3) is 0. The Hall–Kier alpha value is -2.20. The van der Waals surface area contributed by atoms with E-state index in [2.05, 4.69) is 4.98 Å². The van der Waals surface area contributed by atoms with Gasteiger partial charge in [-0.15, -0.1) is 0 Å². The van der Waals surface area contributed by atoms with Crippen LogP contribution in [0.2, 0.25) is 5.02 Å². The van der Waals surface area contributed by atoms with E-state index in [1.165, 1.54) is 0 Å². The van der Waals surface area contributed by atoms with Crippen molar-refractivity contribution >= 4 is 28.3 Å². The van der Waals surface area contributed by atoms with Gasteiger partial charge in [0.2, 0.25) is 0 Å². The first-order chi connectivity index (χ1) is 8.66. The van der Waals surface area contributed by atoms with E-state index in [1.54, 1.807) is 22.8 Å². The molecule has 0 saturated carbocycles. The maximum Gasteiger partial charge on any atom is 0.331 e. The number of fused-ring (bicyclic) bond motifs is 1. The van der Waals surface area contributed by atoms with Gasteiger partial charge >= 0.3 is 5.69 Å². The van der Waals surface area contributed by atoms with E-state index < -0.39 is 0 Å². The minimum Gasteiger partial charge on any atom is -0.397 e. The van der Waals surface area contributed by atoms with Gasteiger partial charge in [-0.1, -0.05) is 23.7 Å². The number of nitrogens with two attached hydrogens (primary N) is 1. The van der Waals surface area contributed by atoms with Crippen molar-refractivity contribution in [2.75, 3.05) is 5.73 Å². The van der Waals surface area contributed by atoms with Crippen LogP contribution in [-0.2, 0) is 0 Å². The minimum atomic E-state index is -0.196. The summed E-state index contributed by atoms with van der Waals surface area (Å²) in [6, 6.07) is 12.6. The number of hydrogen-bond acceptors (Lipinski definition) is 2. The van der Waals surface area contributed by atoms with Crippen LogP contribution in [0.4, 0.5) is 5.69 Å². The molecule has 4 nitrogen and oxygen atoms in total. The second-order valence-electron chi connectivity index (χ2n) is 3.99. The molecule has 0 fully saturated rings. The van der Waals surface area contributed by atoms with E-state index >= 15 is 0 Å². The minimum absolute atomic E-state index is 0.196. The summed E-state index contributed by atoms with van der Waals surface area (Å²) in [5.41, 5.74) is 8.31. The first kappa shape index (κ1) is 10.9. The van der Waals surface area contributed by atoms with Gasteiger partial charge in [0.25, 0.3) is 0 Å². The smallest absolute Gasteiger partial charge is 0.331 e. The summed E-state index contributed by atoms with van der Waals surface area (Å²) in [5, 5.41) is 0.478. The number of nitrogen functional groups attached to an aromatic ring is 1. The zero-order chi connectivity index (χ0) is 12.7. The summed E-state index contributed by atoms with van der Waals surface area (Å²) in [4.78, 5) is 14.8. The predicted molar refractivity (Wildman–Crippen MR) is 73.3 cm³/mol. The SMILES string of the molecule is Nc1cc(-n2c(=O)[nH]c3ccccc32)ccc1Cl. The van der Waals surface area contributed by atoms with Gasteiger partial charge in [-0.25, -0.2) is 4.79 Å². The number of aromatic nitrogens is 2. The third kappa shape index (κ3) is 1.58. The second-order valence-corrected chi connectivity index (χ2v) is 4.40. The highest BCUT2D eigenvalue weighted by Crippen LogP contribution is 2.23. The lowest BCUT2D eigenvalue weighted by molar-refractivity contribution is 1.02. The molecular weight excluding hydrogens is 250 g/mol. The lowest BCUT2D eigenvalue weighted by Gasteiger charge is -2.05. The molecule has 1 heterocycles. The van der Waals surface area contributed by atoms with Crippen molar-refractivity contribution in [3.05, 3.63) is 58.0 Å². The van der Waals surface area contributed by atoms with Gasteiger partial charge in [-0.2, -0.15) is 0 Å². The molecule has 3 N–H and O–H groups in total. The van der Waals surface area contributed by atoms with Crippen molar-refractivity contribution in [1.29, 1.82) is 0 Å². The molecule has 0 radical (unpaired) electrons. The highest BCUT2D eigenvalue weighted by molar-refractivity contribution is 6.33. The molecule has 2 aromatic carbocycles. The van der Waals surface area contributed by atoms with Crippen molar-refractivity contribution in [2.24, 2.45) is 0 Å². The Morgan fingerprint density at radius 1 is 1.17 bits per heavy atom. The second kappa shape index (κ2) is 3.92. The molecule has 0 aliphatic carbocycles. The average molecular weight is 260 g/mol. The van der Waals surface area contributed by atoms with Crippen LogP contribution < -0.4 is 11.4 Å². The quantitative estimate of drug-likeness (QED) is 0.660. The third-order valence-electron chi connectivity index (χ3n) is 2.83. The van der Waals surface area contributed by atoms with Gasteiger partial charge in [0.15, 0.2) is 0 Å². The molecule has 3 aromatic rings. The van der Waals surface area contributed by atoms with E-state index in [9.17, 15) is 4.79 Å². The number of nitrogens with zero attached hydrogens (tertiary/aromatic N) is 1. The molecule has 0 atom stereocenters. The summed E-state index contributed by atoms with van der Waals surface area (Å²) in [6.07, 6.45) is 0. The molecular formula is C13H10ClN3O. The number of imidazole rings is 1. The lowest BCUT2D eigenvalue weighted by atomic mass is 10.2. The predicted octanol–water partition coefficient (Wildman–Crippen LogP) is 2.55. The van der Waals surface area contributed by atoms with Crippen LogP contribution in [0.25, 0.3) is 16.7 Å². The molecule has 0 aliphatic rings. The van der Waals surface area contributed by atoms with Crippen LogP contribution in [0.5, 0.6) is 0 Å². The zero-order valence-electron chi connectivity index (χ0n) is 9.35. The number of para-hydroxylation sites is 2. The molecule has 5 heteroatoms. The topological polar surface area (TPSA) is 63.8 Å². The fourth-order valence-corrected chi connectivity index (χ4v) is 2.10. The van der Waals surface area contributed by atoms with E-state index in [0.29, 0.717) is 16.4 Å². The van der Waals surface area contributed by atoms with Crippen LogP contribution in [-0.4, -0.2) is 9.55 Å². The Kier molecular flexibility index (Phi) is 2.38. The number of aromatic amines is 1. The Labute approximate surface area is 108 Å². The van der Waals surface area contributed by atoms with E-state index in [4.69, 9.17) is 17.3 Å². The molecule has 3 rings (SSSR count). The van der Waals surface area contributed by atoms with E-state index in [0.717, 1.165) is 11.0 Å². The van der Waals surface area contributed by atoms with Gasteiger partial charge in [-0.3, -0.25) is 4.57 Å². The van der Waals surface area contributed by atoms with Gasteiger partial charge in [0.1, 0.15) is 0 Å². The number of nitrogens with one attached hydrogen (secondary N) is 1. The highest BCUT2D eigenvalue weighted by Gasteiger charge is 2.08. The molecule has 0 amide bonds. The van der Waals surface area contributed by atoms with Gasteiger partial charge in [-0.05, 0) is 30.3 Å². The van der Waals surface area contributed by atoms with Crippen molar-refractivity contribution < 1.29 is 0 Å². The Bertz CT molecular complexity index is 788. The highest BCUT2D eigenvalue weighted by atomic mass is 35.5. The summed E-state index contributed by atoms with van der Waals surface area (Å²) in [6.45, 7) is 0. The first-order valence-electron chi connectivity index (χ1n) is 5.42. The molecule has 0 saturated heterocycles. The summed E-state index contributed by atoms with van der Waals surface area (Å²) in [7, 11) is 0. The van der Waals surface area contributed by atoms with Crippen LogP contribution in [0, 0.1) is 0 Å². The zero-order valence-corrected chi connectivity index (χ0v) is 10.1. The number of H-pyrrole nitrogens is 1. The number of anilines is 1. The molecule has 1 aromatic heterocycles. The monoisotopic (exact) mass is 259 g/mol. The maximum absolute atomic E-state index is 12.0. The summed E-state index contributed by atoms with van der Waals surface area (Å²) < 4.78 is 1.57. The van der Waals surface area contributed by atoms with Gasteiger partial charge in [0, 0.05) is 0 Å². The van der Waals surface area contributed by atoms with Gasteiger partial charge < -0.3 is 10.7 Å². The summed E-state index contributed by atoms with van der Waals surface area (Å²) in [5.74, 6) is 0. The largest absolute Gasteiger partial charge is 0.397 e. The molecule has 18 heavy (non-hydrogen) atoms. The van der Waals surface area contributed by atoms with E-state index in [-0.39, 0.29) is 5.69 Å². The van der Waals surface area contributed by atoms with Crippen molar-refractivity contribution in [3.63, 3.8) is 0 Å². The maximum atomic E-state index is 12.0. The van der Waals surface area contributed by atoms with Crippen molar-refractivity contribution in [1.82, 2.24) is 9.55 Å². The number of halogens is 1. The lowest BCUT2D eigenvalue weighted by Crippen LogP contribution is -2.14. The van der Waals surface area contributed by atoms with Gasteiger partial charge in [0.05, 0.1) is 27.4 Å². The Morgan fingerprint density at radius 3 is 2.72 bits per heavy atom. The number of hydrogen-bond donors (Lipinski definition) is 2. The summed E-state index contributed by atoms with van der Waals surface area (Å²) >= 11 is 5.88. The van der Waals surface area contributed by atoms with Crippen LogP contribution in [0.3, 0.4) is 0 Å². The van der Waals surface area contributed by atoms with Crippen LogP contribution in [0.1, 0.15) is 0 Å². The van der Waals surface area contributed by atoms with Crippen LogP contribution >= 0.6 is 11.6 Å².